The Morgan fingerprint density at radius 3 is 2.95 bits per heavy atom. The van der Waals surface area contributed by atoms with Gasteiger partial charge in [-0.15, -0.1) is 11.3 Å². The van der Waals surface area contributed by atoms with Gasteiger partial charge in [0.1, 0.15) is 4.88 Å². The lowest BCUT2D eigenvalue weighted by atomic mass is 10.2. The van der Waals surface area contributed by atoms with Gasteiger partial charge in [0.15, 0.2) is 0 Å². The first-order valence-electron chi connectivity index (χ1n) is 5.82. The summed E-state index contributed by atoms with van der Waals surface area (Å²) in [5, 5.41) is 4.46. The normalized spacial score (nSPS) is 11.9. The van der Waals surface area contributed by atoms with E-state index in [1.807, 2.05) is 6.92 Å². The second-order valence-corrected chi connectivity index (χ2v) is 6.01. The van der Waals surface area contributed by atoms with Crippen LogP contribution in [0.3, 0.4) is 0 Å². The van der Waals surface area contributed by atoms with Crippen molar-refractivity contribution >= 4 is 40.7 Å². The van der Waals surface area contributed by atoms with Crippen molar-refractivity contribution in [1.29, 1.82) is 0 Å². The predicted octanol–water partition coefficient (Wildman–Crippen LogP) is 1.80. The van der Waals surface area contributed by atoms with Crippen molar-refractivity contribution in [2.45, 2.75) is 6.92 Å². The molecule has 0 bridgehead atoms. The van der Waals surface area contributed by atoms with Crippen molar-refractivity contribution in [3.8, 4) is 0 Å². The first-order valence-corrected chi connectivity index (χ1v) is 7.85. The van der Waals surface area contributed by atoms with Crippen LogP contribution in [-0.2, 0) is 9.53 Å². The maximum absolute atomic E-state index is 11.7. The molecule has 1 unspecified atom stereocenters. The number of anilines is 1. The van der Waals surface area contributed by atoms with E-state index < -0.39 is 5.97 Å². The fourth-order valence-corrected chi connectivity index (χ4v) is 2.95. The molecule has 0 aliphatic heterocycles. The highest BCUT2D eigenvalue weighted by Crippen LogP contribution is 2.23. The average molecular weight is 302 g/mol. The van der Waals surface area contributed by atoms with Crippen LogP contribution in [-0.4, -0.2) is 37.0 Å². The lowest BCUT2D eigenvalue weighted by molar-refractivity contribution is -0.113. The molecule has 0 aromatic carbocycles. The number of carbonyl (C=O) groups excluding carboxylic acids is 2. The quantitative estimate of drug-likeness (QED) is 0.751. The summed E-state index contributed by atoms with van der Waals surface area (Å²) < 4.78 is 4.65. The molecule has 1 atom stereocenters. The van der Waals surface area contributed by atoms with E-state index in [2.05, 4.69) is 10.1 Å². The summed E-state index contributed by atoms with van der Waals surface area (Å²) in [6.07, 6.45) is 0. The lowest BCUT2D eigenvalue weighted by Gasteiger charge is -2.08. The maximum atomic E-state index is 11.7. The van der Waals surface area contributed by atoms with E-state index in [4.69, 9.17) is 5.73 Å². The van der Waals surface area contributed by atoms with Crippen LogP contribution in [0.5, 0.6) is 0 Å². The van der Waals surface area contributed by atoms with Crippen molar-refractivity contribution in [2.24, 2.45) is 11.7 Å². The first-order chi connectivity index (χ1) is 9.08. The van der Waals surface area contributed by atoms with Gasteiger partial charge in [-0.1, -0.05) is 6.92 Å². The number of rotatable bonds is 7. The van der Waals surface area contributed by atoms with Crippen LogP contribution >= 0.6 is 23.1 Å². The zero-order chi connectivity index (χ0) is 14.3. The smallest absolute Gasteiger partial charge is 0.350 e. The molecule has 0 spiro atoms. The van der Waals surface area contributed by atoms with E-state index >= 15 is 0 Å². The predicted molar refractivity (Wildman–Crippen MR) is 79.8 cm³/mol. The first kappa shape index (κ1) is 16.0. The molecule has 1 aromatic rings. The third kappa shape index (κ3) is 5.22. The molecule has 1 amide bonds. The van der Waals surface area contributed by atoms with Crippen LogP contribution in [0.4, 0.5) is 5.69 Å². The molecule has 1 rings (SSSR count). The molecule has 1 aromatic heterocycles. The molecule has 0 fully saturated rings. The number of hydrogen-bond acceptors (Lipinski definition) is 6. The van der Waals surface area contributed by atoms with Gasteiger partial charge in [-0.3, -0.25) is 4.79 Å². The molecular formula is C12H18N2O3S2. The van der Waals surface area contributed by atoms with Crippen LogP contribution in [0.2, 0.25) is 0 Å². The van der Waals surface area contributed by atoms with Gasteiger partial charge in [0.2, 0.25) is 5.91 Å². The van der Waals surface area contributed by atoms with Crippen molar-refractivity contribution in [2.75, 3.05) is 30.5 Å². The monoisotopic (exact) mass is 302 g/mol. The molecule has 0 saturated carbocycles. The Balaban J connectivity index is 2.44. The molecule has 106 valence electrons. The van der Waals surface area contributed by atoms with Gasteiger partial charge >= 0.3 is 5.97 Å². The molecule has 0 radical (unpaired) electrons. The number of carbonyl (C=O) groups is 2. The van der Waals surface area contributed by atoms with E-state index in [-0.39, 0.29) is 5.91 Å². The van der Waals surface area contributed by atoms with E-state index in [9.17, 15) is 9.59 Å². The molecule has 1 heterocycles. The Labute approximate surface area is 120 Å². The van der Waals surface area contributed by atoms with E-state index in [1.165, 1.54) is 30.2 Å². The number of ether oxygens (including phenoxy) is 1. The Hall–Kier alpha value is -1.05. The van der Waals surface area contributed by atoms with Crippen molar-refractivity contribution in [1.82, 2.24) is 0 Å². The fraction of sp³-hybridized carbons (Fsp3) is 0.500. The SMILES string of the molecule is COC(=O)c1sccc1NC(=O)CSCC(C)CN. The number of nitrogens with one attached hydrogen (secondary N) is 1. The molecule has 0 aliphatic carbocycles. The molecular weight excluding hydrogens is 284 g/mol. The number of hydrogen-bond donors (Lipinski definition) is 2. The van der Waals surface area contributed by atoms with Crippen molar-refractivity contribution in [3.63, 3.8) is 0 Å². The Bertz CT molecular complexity index is 434. The molecule has 7 heteroatoms. The highest BCUT2D eigenvalue weighted by atomic mass is 32.2. The highest BCUT2D eigenvalue weighted by molar-refractivity contribution is 7.99. The standard InChI is InChI=1S/C12H18N2O3S2/c1-8(5-13)6-18-7-10(15)14-9-3-4-19-11(9)12(16)17-2/h3-4,8H,5-7,13H2,1-2H3,(H,14,15). The molecule has 5 nitrogen and oxygen atoms in total. The van der Waals surface area contributed by atoms with Crippen LogP contribution in [0.15, 0.2) is 11.4 Å². The molecule has 0 saturated heterocycles. The molecule has 3 N–H and O–H groups in total. The Morgan fingerprint density at radius 1 is 1.58 bits per heavy atom. The minimum Gasteiger partial charge on any atom is -0.465 e. The summed E-state index contributed by atoms with van der Waals surface area (Å²) in [6.45, 7) is 2.66. The van der Waals surface area contributed by atoms with Crippen molar-refractivity contribution in [3.05, 3.63) is 16.3 Å². The number of nitrogens with two attached hydrogens (primary N) is 1. The number of amides is 1. The van der Waals surface area contributed by atoms with Crippen LogP contribution in [0.1, 0.15) is 16.6 Å². The average Bonchev–Trinajstić information content (AvgIpc) is 2.85. The highest BCUT2D eigenvalue weighted by Gasteiger charge is 2.15. The molecule has 19 heavy (non-hydrogen) atoms. The fourth-order valence-electron chi connectivity index (χ4n) is 1.27. The van der Waals surface area contributed by atoms with Gasteiger partial charge in [0, 0.05) is 0 Å². The molecule has 0 aliphatic rings. The Morgan fingerprint density at radius 2 is 2.32 bits per heavy atom. The number of esters is 1. The van der Waals surface area contributed by atoms with Crippen molar-refractivity contribution < 1.29 is 14.3 Å². The minimum absolute atomic E-state index is 0.127. The summed E-state index contributed by atoms with van der Waals surface area (Å²) in [4.78, 5) is 23.6. The zero-order valence-electron chi connectivity index (χ0n) is 11.0. The lowest BCUT2D eigenvalue weighted by Crippen LogP contribution is -2.18. The van der Waals surface area contributed by atoms with Gasteiger partial charge in [0.25, 0.3) is 0 Å². The summed E-state index contributed by atoms with van der Waals surface area (Å²) >= 11 is 2.78. The van der Waals surface area contributed by atoms with E-state index in [0.717, 1.165) is 5.75 Å². The van der Waals surface area contributed by atoms with Gasteiger partial charge < -0.3 is 15.8 Å². The van der Waals surface area contributed by atoms with Gasteiger partial charge in [-0.05, 0) is 29.7 Å². The summed E-state index contributed by atoms with van der Waals surface area (Å²) in [6, 6.07) is 1.70. The van der Waals surface area contributed by atoms with Crippen LogP contribution in [0.25, 0.3) is 0 Å². The third-order valence-electron chi connectivity index (χ3n) is 2.35. The number of thioether (sulfide) groups is 1. The van der Waals surface area contributed by atoms with Gasteiger partial charge in [-0.25, -0.2) is 4.79 Å². The largest absolute Gasteiger partial charge is 0.465 e. The maximum Gasteiger partial charge on any atom is 0.350 e. The number of methoxy groups -OCH3 is 1. The minimum atomic E-state index is -0.435. The van der Waals surface area contributed by atoms with E-state index in [0.29, 0.717) is 28.8 Å². The summed E-state index contributed by atoms with van der Waals surface area (Å²) in [7, 11) is 1.32. The van der Waals surface area contributed by atoms with Crippen LogP contribution < -0.4 is 11.1 Å². The second-order valence-electron chi connectivity index (χ2n) is 4.06. The third-order valence-corrected chi connectivity index (χ3v) is 4.51. The number of thiophene rings is 1. The summed E-state index contributed by atoms with van der Waals surface area (Å²) in [5.74, 6) is 1.02. The summed E-state index contributed by atoms with van der Waals surface area (Å²) in [5.41, 5.74) is 6.01. The van der Waals surface area contributed by atoms with Crippen LogP contribution in [0, 0.1) is 5.92 Å². The topological polar surface area (TPSA) is 81.4 Å². The Kier molecular flexibility index (Phi) is 6.90. The zero-order valence-corrected chi connectivity index (χ0v) is 12.6. The van der Waals surface area contributed by atoms with E-state index in [1.54, 1.807) is 11.4 Å². The van der Waals surface area contributed by atoms with Gasteiger partial charge in [0.05, 0.1) is 18.6 Å². The second kappa shape index (κ2) is 8.19. The van der Waals surface area contributed by atoms with Gasteiger partial charge in [-0.2, -0.15) is 11.8 Å².